The maximum Gasteiger partial charge on any atom is 0.255 e. The minimum Gasteiger partial charge on any atom is -0.504 e. The van der Waals surface area contributed by atoms with Crippen LogP contribution in [0.3, 0.4) is 0 Å². The van der Waals surface area contributed by atoms with E-state index in [1.807, 2.05) is 6.92 Å². The molecule has 0 radical (unpaired) electrons. The summed E-state index contributed by atoms with van der Waals surface area (Å²) >= 11 is 0. The molecule has 0 aromatic heterocycles. The van der Waals surface area contributed by atoms with Crippen LogP contribution in [0.2, 0.25) is 0 Å². The van der Waals surface area contributed by atoms with Crippen molar-refractivity contribution in [3.05, 3.63) is 23.8 Å². The van der Waals surface area contributed by atoms with Crippen molar-refractivity contribution < 1.29 is 14.6 Å². The van der Waals surface area contributed by atoms with Crippen molar-refractivity contribution >= 4 is 5.91 Å². The van der Waals surface area contributed by atoms with E-state index in [9.17, 15) is 9.90 Å². The number of rotatable bonds is 6. The molecule has 1 unspecified atom stereocenters. The molecule has 0 heterocycles. The van der Waals surface area contributed by atoms with Crippen LogP contribution in [0.25, 0.3) is 0 Å². The molecule has 1 atom stereocenters. The number of hydrogen-bond donors (Lipinski definition) is 2. The van der Waals surface area contributed by atoms with Gasteiger partial charge in [0.25, 0.3) is 5.91 Å². The number of carbonyl (C=O) groups excluding carboxylic acids is 1. The average molecular weight is 265 g/mol. The Labute approximate surface area is 114 Å². The maximum absolute atomic E-state index is 12.2. The fraction of sp³-hybridized carbons (Fsp3) is 0.533. The normalized spacial score (nSPS) is 12.3. The standard InChI is InChI=1S/C15H23NO3/c1-5-11(6-2)10(3)16-15(18)12-8-7-9-13(19-4)14(12)17/h7-11,17H,5-6H2,1-4H3,(H,16,18). The summed E-state index contributed by atoms with van der Waals surface area (Å²) in [6.07, 6.45) is 2.03. The number of nitrogens with one attached hydrogen (secondary N) is 1. The van der Waals surface area contributed by atoms with Gasteiger partial charge >= 0.3 is 0 Å². The molecule has 1 rings (SSSR count). The van der Waals surface area contributed by atoms with Gasteiger partial charge in [-0.05, 0) is 25.0 Å². The quantitative estimate of drug-likeness (QED) is 0.831. The molecule has 1 amide bonds. The van der Waals surface area contributed by atoms with Gasteiger partial charge in [-0.15, -0.1) is 0 Å². The monoisotopic (exact) mass is 265 g/mol. The first kappa shape index (κ1) is 15.3. The molecular weight excluding hydrogens is 242 g/mol. The van der Waals surface area contributed by atoms with E-state index in [1.54, 1.807) is 18.2 Å². The summed E-state index contributed by atoms with van der Waals surface area (Å²) in [5.74, 6) is 0.370. The molecule has 0 bridgehead atoms. The fourth-order valence-corrected chi connectivity index (χ4v) is 2.27. The van der Waals surface area contributed by atoms with Gasteiger partial charge in [0.05, 0.1) is 12.7 Å². The molecule has 0 aliphatic rings. The van der Waals surface area contributed by atoms with E-state index in [0.29, 0.717) is 11.7 Å². The van der Waals surface area contributed by atoms with Gasteiger partial charge in [-0.3, -0.25) is 4.79 Å². The second kappa shape index (κ2) is 7.02. The molecule has 0 aliphatic carbocycles. The lowest BCUT2D eigenvalue weighted by molar-refractivity contribution is 0.0922. The van der Waals surface area contributed by atoms with E-state index in [1.165, 1.54) is 7.11 Å². The predicted molar refractivity (Wildman–Crippen MR) is 75.7 cm³/mol. The van der Waals surface area contributed by atoms with E-state index in [2.05, 4.69) is 19.2 Å². The molecule has 0 aliphatic heterocycles. The number of benzene rings is 1. The minimum absolute atomic E-state index is 0.0769. The molecule has 0 spiro atoms. The number of amides is 1. The molecule has 1 aromatic rings. The molecule has 19 heavy (non-hydrogen) atoms. The molecule has 0 saturated heterocycles. The van der Waals surface area contributed by atoms with E-state index in [0.717, 1.165) is 12.8 Å². The first-order valence-corrected chi connectivity index (χ1v) is 6.71. The smallest absolute Gasteiger partial charge is 0.255 e. The second-order valence-electron chi connectivity index (χ2n) is 4.70. The molecule has 1 aromatic carbocycles. The zero-order valence-corrected chi connectivity index (χ0v) is 12.1. The van der Waals surface area contributed by atoms with Crippen LogP contribution in [0.4, 0.5) is 0 Å². The molecular formula is C15H23NO3. The number of phenolic OH excluding ortho intramolecular Hbond substituents is 1. The fourth-order valence-electron chi connectivity index (χ4n) is 2.27. The Bertz CT molecular complexity index is 427. The third-order valence-electron chi connectivity index (χ3n) is 3.58. The van der Waals surface area contributed by atoms with Gasteiger partial charge < -0.3 is 15.2 Å². The number of phenols is 1. The summed E-state index contributed by atoms with van der Waals surface area (Å²) in [6, 6.07) is 4.98. The lowest BCUT2D eigenvalue weighted by Crippen LogP contribution is -2.37. The number of carbonyl (C=O) groups is 1. The van der Waals surface area contributed by atoms with Crippen LogP contribution in [0.15, 0.2) is 18.2 Å². The van der Waals surface area contributed by atoms with Crippen LogP contribution in [0.5, 0.6) is 11.5 Å². The number of methoxy groups -OCH3 is 1. The van der Waals surface area contributed by atoms with Crippen LogP contribution >= 0.6 is 0 Å². The van der Waals surface area contributed by atoms with Crippen molar-refractivity contribution in [1.82, 2.24) is 5.32 Å². The zero-order valence-electron chi connectivity index (χ0n) is 12.1. The molecule has 2 N–H and O–H groups in total. The lowest BCUT2D eigenvalue weighted by atomic mass is 9.95. The number of ether oxygens (including phenoxy) is 1. The van der Waals surface area contributed by atoms with Crippen molar-refractivity contribution in [2.24, 2.45) is 5.92 Å². The van der Waals surface area contributed by atoms with Crippen molar-refractivity contribution in [1.29, 1.82) is 0 Å². The van der Waals surface area contributed by atoms with E-state index >= 15 is 0 Å². The summed E-state index contributed by atoms with van der Waals surface area (Å²) in [4.78, 5) is 12.2. The molecule has 4 heteroatoms. The Balaban J connectivity index is 2.84. The van der Waals surface area contributed by atoms with E-state index in [-0.39, 0.29) is 23.3 Å². The van der Waals surface area contributed by atoms with Crippen LogP contribution in [0.1, 0.15) is 44.0 Å². The van der Waals surface area contributed by atoms with Crippen molar-refractivity contribution in [2.45, 2.75) is 39.7 Å². The van der Waals surface area contributed by atoms with Crippen molar-refractivity contribution in [3.63, 3.8) is 0 Å². The van der Waals surface area contributed by atoms with Crippen LogP contribution in [-0.2, 0) is 0 Å². The molecule has 0 fully saturated rings. The molecule has 0 saturated carbocycles. The van der Waals surface area contributed by atoms with Crippen LogP contribution in [0, 0.1) is 5.92 Å². The summed E-state index contributed by atoms with van der Waals surface area (Å²) in [7, 11) is 1.46. The average Bonchev–Trinajstić information content (AvgIpc) is 2.40. The minimum atomic E-state index is -0.268. The van der Waals surface area contributed by atoms with Crippen molar-refractivity contribution in [2.75, 3.05) is 7.11 Å². The third-order valence-corrected chi connectivity index (χ3v) is 3.58. The third kappa shape index (κ3) is 3.63. The highest BCUT2D eigenvalue weighted by Gasteiger charge is 2.19. The summed E-state index contributed by atoms with van der Waals surface area (Å²) in [6.45, 7) is 6.21. The van der Waals surface area contributed by atoms with Crippen LogP contribution in [-0.4, -0.2) is 24.2 Å². The zero-order chi connectivity index (χ0) is 14.4. The highest BCUT2D eigenvalue weighted by atomic mass is 16.5. The van der Waals surface area contributed by atoms with Crippen molar-refractivity contribution in [3.8, 4) is 11.5 Å². The van der Waals surface area contributed by atoms with E-state index in [4.69, 9.17) is 4.74 Å². The number of hydrogen-bond acceptors (Lipinski definition) is 3. The Kier molecular flexibility index (Phi) is 5.67. The lowest BCUT2D eigenvalue weighted by Gasteiger charge is -2.22. The van der Waals surface area contributed by atoms with Gasteiger partial charge in [0.2, 0.25) is 0 Å². The van der Waals surface area contributed by atoms with Gasteiger partial charge in [-0.25, -0.2) is 0 Å². The Morgan fingerprint density at radius 1 is 1.37 bits per heavy atom. The SMILES string of the molecule is CCC(CC)C(C)NC(=O)c1cccc(OC)c1O. The number of aromatic hydroxyl groups is 1. The van der Waals surface area contributed by atoms with Gasteiger partial charge in [-0.1, -0.05) is 32.8 Å². The number of para-hydroxylation sites is 1. The maximum atomic E-state index is 12.2. The van der Waals surface area contributed by atoms with Crippen LogP contribution < -0.4 is 10.1 Å². The highest BCUT2D eigenvalue weighted by molar-refractivity contribution is 5.97. The molecule has 4 nitrogen and oxygen atoms in total. The summed E-state index contributed by atoms with van der Waals surface area (Å²) < 4.78 is 5.00. The Hall–Kier alpha value is -1.71. The van der Waals surface area contributed by atoms with Gasteiger partial charge in [0.1, 0.15) is 0 Å². The molecule has 106 valence electrons. The topological polar surface area (TPSA) is 58.6 Å². The van der Waals surface area contributed by atoms with Gasteiger partial charge in [0.15, 0.2) is 11.5 Å². The van der Waals surface area contributed by atoms with E-state index < -0.39 is 0 Å². The Morgan fingerprint density at radius 2 is 2.00 bits per heavy atom. The Morgan fingerprint density at radius 3 is 2.53 bits per heavy atom. The highest BCUT2D eigenvalue weighted by Crippen LogP contribution is 2.29. The summed E-state index contributed by atoms with van der Waals surface area (Å²) in [5, 5.41) is 12.9. The first-order chi connectivity index (χ1) is 9.04. The second-order valence-corrected chi connectivity index (χ2v) is 4.70. The van der Waals surface area contributed by atoms with Gasteiger partial charge in [0, 0.05) is 6.04 Å². The largest absolute Gasteiger partial charge is 0.504 e. The first-order valence-electron chi connectivity index (χ1n) is 6.71. The predicted octanol–water partition coefficient (Wildman–Crippen LogP) is 2.96. The van der Waals surface area contributed by atoms with Gasteiger partial charge in [-0.2, -0.15) is 0 Å². The summed E-state index contributed by atoms with van der Waals surface area (Å²) in [5.41, 5.74) is 0.247.